The molecule has 0 saturated heterocycles. The number of esters is 2. The van der Waals surface area contributed by atoms with Gasteiger partial charge in [0, 0.05) is 24.3 Å². The maximum Gasteiger partial charge on any atom is 0.351 e. The number of carbonyl (C=O) groups excluding carboxylic acids is 2. The van der Waals surface area contributed by atoms with Gasteiger partial charge in [0.15, 0.2) is 0 Å². The minimum atomic E-state index is -0.613. The quantitative estimate of drug-likeness (QED) is 0.0576. The van der Waals surface area contributed by atoms with E-state index in [-0.39, 0.29) is 11.1 Å². The largest absolute Gasteiger partial charge is 0.493 e. The molecule has 0 bridgehead atoms. The van der Waals surface area contributed by atoms with Crippen molar-refractivity contribution in [2.24, 2.45) is 0 Å². The van der Waals surface area contributed by atoms with Crippen molar-refractivity contribution in [3.8, 4) is 46.0 Å². The lowest BCUT2D eigenvalue weighted by Gasteiger charge is -2.18. The molecule has 0 aromatic heterocycles. The Morgan fingerprint density at radius 2 is 0.673 bits per heavy atom. The fraction of sp³-hybridized carbons (Fsp3) is 0.429. The van der Waals surface area contributed by atoms with Gasteiger partial charge in [0.2, 0.25) is 0 Å². The molecule has 4 aromatic rings. The van der Waals surface area contributed by atoms with Crippen LogP contribution >= 0.6 is 0 Å². The normalized spacial score (nSPS) is 10.8. The van der Waals surface area contributed by atoms with Gasteiger partial charge < -0.3 is 37.9 Å². The van der Waals surface area contributed by atoms with Crippen molar-refractivity contribution < 1.29 is 47.5 Å². The van der Waals surface area contributed by atoms with Gasteiger partial charge in [-0.1, -0.05) is 53.7 Å². The van der Waals surface area contributed by atoms with Crippen LogP contribution in [0.5, 0.6) is 46.0 Å². The van der Waals surface area contributed by atoms with Crippen LogP contribution in [0.3, 0.4) is 0 Å². The summed E-state index contributed by atoms with van der Waals surface area (Å²) in [6.07, 6.45) is 4.68. The summed E-state index contributed by atoms with van der Waals surface area (Å²) in [6, 6.07) is 17.3. The molecule has 10 nitrogen and oxygen atoms in total. The highest BCUT2D eigenvalue weighted by Crippen LogP contribution is 2.38. The first-order chi connectivity index (χ1) is 25.3. The zero-order chi connectivity index (χ0) is 37.3. The molecule has 280 valence electrons. The number of fused-ring (bicyclic) bond motifs is 1. The van der Waals surface area contributed by atoms with Gasteiger partial charge in [-0.2, -0.15) is 0 Å². The molecule has 52 heavy (non-hydrogen) atoms. The Labute approximate surface area is 307 Å². The van der Waals surface area contributed by atoms with Gasteiger partial charge in [-0.3, -0.25) is 0 Å². The molecule has 0 saturated carbocycles. The number of hydrogen-bond donors (Lipinski definition) is 0. The maximum atomic E-state index is 13.7. The van der Waals surface area contributed by atoms with Gasteiger partial charge in [0.05, 0.1) is 39.6 Å². The first kappa shape index (κ1) is 39.7. The van der Waals surface area contributed by atoms with Crippen LogP contribution in [-0.2, 0) is 0 Å². The first-order valence-electron chi connectivity index (χ1n) is 18.5. The number of carbonyl (C=O) groups is 2. The Morgan fingerprint density at radius 1 is 0.385 bits per heavy atom. The lowest BCUT2D eigenvalue weighted by molar-refractivity contribution is 0.0714. The van der Waals surface area contributed by atoms with Crippen LogP contribution < -0.4 is 37.9 Å². The Bertz CT molecular complexity index is 1580. The van der Waals surface area contributed by atoms with E-state index in [4.69, 9.17) is 37.9 Å². The molecule has 10 heteroatoms. The molecule has 0 fully saturated rings. The Kier molecular flexibility index (Phi) is 15.8. The van der Waals surface area contributed by atoms with E-state index in [2.05, 4.69) is 0 Å². The summed E-state index contributed by atoms with van der Waals surface area (Å²) >= 11 is 0. The summed E-state index contributed by atoms with van der Waals surface area (Å²) in [6.45, 7) is 14.7. The summed E-state index contributed by atoms with van der Waals surface area (Å²) in [5.74, 6) is 1.92. The predicted molar refractivity (Wildman–Crippen MR) is 201 cm³/mol. The third-order valence-corrected chi connectivity index (χ3v) is 7.48. The van der Waals surface area contributed by atoms with Crippen LogP contribution in [0.25, 0.3) is 10.8 Å². The fourth-order valence-corrected chi connectivity index (χ4v) is 5.09. The highest BCUT2D eigenvalue weighted by atomic mass is 16.6. The first-order valence-corrected chi connectivity index (χ1v) is 18.5. The Balaban J connectivity index is 1.60. The second-order valence-electron chi connectivity index (χ2n) is 12.1. The van der Waals surface area contributed by atoms with E-state index in [1.165, 1.54) is 0 Å². The zero-order valence-corrected chi connectivity index (χ0v) is 31.3. The number of ether oxygens (including phenoxy) is 8. The van der Waals surface area contributed by atoms with Gasteiger partial charge in [-0.05, 0) is 73.6 Å². The van der Waals surface area contributed by atoms with E-state index in [1.807, 2.05) is 41.5 Å². The molecule has 0 N–H and O–H groups in total. The lowest BCUT2D eigenvalue weighted by Crippen LogP contribution is -2.14. The molecule has 4 rings (SSSR count). The minimum absolute atomic E-state index is 0.197. The van der Waals surface area contributed by atoms with Gasteiger partial charge in [0.25, 0.3) is 0 Å². The third kappa shape index (κ3) is 10.9. The van der Waals surface area contributed by atoms with Crippen molar-refractivity contribution >= 4 is 22.7 Å². The molecule has 0 heterocycles. The molecule has 0 aliphatic carbocycles. The van der Waals surface area contributed by atoms with Crippen molar-refractivity contribution in [3.63, 3.8) is 0 Å². The van der Waals surface area contributed by atoms with Crippen LogP contribution in [-0.4, -0.2) is 51.6 Å². The average Bonchev–Trinajstić information content (AvgIpc) is 3.15. The lowest BCUT2D eigenvalue weighted by atomic mass is 10.1. The van der Waals surface area contributed by atoms with E-state index in [9.17, 15) is 9.59 Å². The summed E-state index contributed by atoms with van der Waals surface area (Å²) in [5.41, 5.74) is 0.394. The van der Waals surface area contributed by atoms with Gasteiger partial charge in [-0.25, -0.2) is 9.59 Å². The maximum absolute atomic E-state index is 13.7. The summed E-state index contributed by atoms with van der Waals surface area (Å²) < 4.78 is 47.4. The molecule has 0 spiro atoms. The van der Waals surface area contributed by atoms with Crippen molar-refractivity contribution in [2.75, 3.05) is 39.6 Å². The summed E-state index contributed by atoms with van der Waals surface area (Å²) in [5, 5.41) is 1.55. The molecule has 0 atom stereocenters. The summed E-state index contributed by atoms with van der Waals surface area (Å²) in [4.78, 5) is 27.4. The predicted octanol–water partition coefficient (Wildman–Crippen LogP) is 10.0. The monoisotopic (exact) mass is 716 g/mol. The second kappa shape index (κ2) is 20.7. The Morgan fingerprint density at radius 3 is 0.962 bits per heavy atom. The van der Waals surface area contributed by atoms with Crippen LogP contribution in [0.15, 0.2) is 60.7 Å². The van der Waals surface area contributed by atoms with Gasteiger partial charge in [0.1, 0.15) is 57.1 Å². The molecule has 0 aliphatic heterocycles. The SMILES string of the molecule is CCCOc1cc(OCCC)c(C(=O)Oc2ccc3cc(OC(=O)c4c(OCCC)cc(OCCC)cc4OCCC)ccc3c2)c(OCCC)c1. The molecule has 0 radical (unpaired) electrons. The van der Waals surface area contributed by atoms with Crippen LogP contribution in [0.2, 0.25) is 0 Å². The van der Waals surface area contributed by atoms with Gasteiger partial charge in [-0.15, -0.1) is 0 Å². The highest BCUT2D eigenvalue weighted by Gasteiger charge is 2.25. The van der Waals surface area contributed by atoms with Gasteiger partial charge >= 0.3 is 11.9 Å². The average molecular weight is 717 g/mol. The van der Waals surface area contributed by atoms with E-state index < -0.39 is 11.9 Å². The standard InChI is InChI=1S/C42H52O10/c1-7-17-45-33-25-35(47-19-9-3)39(36(26-33)48-20-10-4)41(43)51-31-15-13-30-24-32(16-14-29(30)23-31)52-42(44)40-37(49-21-11-5)27-34(46-18-8-2)28-38(40)50-22-12-6/h13-16,23-28H,7-12,17-22H2,1-6H3. The minimum Gasteiger partial charge on any atom is -0.493 e. The summed E-state index contributed by atoms with van der Waals surface area (Å²) in [7, 11) is 0. The fourth-order valence-electron chi connectivity index (χ4n) is 5.09. The molecule has 0 amide bonds. The molecular weight excluding hydrogens is 664 g/mol. The smallest absolute Gasteiger partial charge is 0.351 e. The van der Waals surface area contributed by atoms with E-state index in [0.717, 1.165) is 49.3 Å². The molecule has 0 aliphatic rings. The number of benzene rings is 4. The van der Waals surface area contributed by atoms with E-state index >= 15 is 0 Å². The Hall–Kier alpha value is -5.12. The number of hydrogen-bond acceptors (Lipinski definition) is 10. The highest BCUT2D eigenvalue weighted by molar-refractivity contribution is 5.99. The van der Waals surface area contributed by atoms with E-state index in [1.54, 1.807) is 60.7 Å². The zero-order valence-electron chi connectivity index (χ0n) is 31.3. The molecule has 4 aromatic carbocycles. The third-order valence-electron chi connectivity index (χ3n) is 7.48. The van der Waals surface area contributed by atoms with Crippen LogP contribution in [0, 0.1) is 0 Å². The topological polar surface area (TPSA) is 108 Å². The molecular formula is C42H52O10. The molecule has 0 unspecified atom stereocenters. The van der Waals surface area contributed by atoms with E-state index in [0.29, 0.717) is 85.6 Å². The van der Waals surface area contributed by atoms with Crippen molar-refractivity contribution in [2.45, 2.75) is 80.1 Å². The number of rotatable bonds is 22. The van der Waals surface area contributed by atoms with Crippen molar-refractivity contribution in [1.82, 2.24) is 0 Å². The second-order valence-corrected chi connectivity index (χ2v) is 12.1. The van der Waals surface area contributed by atoms with Crippen molar-refractivity contribution in [1.29, 1.82) is 0 Å². The van der Waals surface area contributed by atoms with Crippen molar-refractivity contribution in [3.05, 3.63) is 71.8 Å². The van der Waals surface area contributed by atoms with Crippen LogP contribution in [0.4, 0.5) is 0 Å². The van der Waals surface area contributed by atoms with Crippen LogP contribution in [0.1, 0.15) is 101 Å².